The number of phenols is 1. The molecule has 5 heteroatoms. The van der Waals surface area contributed by atoms with Crippen molar-refractivity contribution in [2.24, 2.45) is 0 Å². The third-order valence-electron chi connectivity index (χ3n) is 4.30. The van der Waals surface area contributed by atoms with Crippen molar-refractivity contribution in [2.75, 3.05) is 0 Å². The Hall–Kier alpha value is -2.61. The number of benzene rings is 1. The van der Waals surface area contributed by atoms with Crippen molar-refractivity contribution in [1.29, 1.82) is 5.26 Å². The number of nitriles is 1. The van der Waals surface area contributed by atoms with Crippen molar-refractivity contribution < 1.29 is 5.11 Å². The molecule has 0 atom stereocenters. The van der Waals surface area contributed by atoms with E-state index in [4.69, 9.17) is 0 Å². The summed E-state index contributed by atoms with van der Waals surface area (Å²) in [6, 6.07) is 6.00. The molecule has 2 heterocycles. The maximum atomic E-state index is 9.88. The van der Waals surface area contributed by atoms with Crippen LogP contribution in [0.25, 0.3) is 11.6 Å². The van der Waals surface area contributed by atoms with Gasteiger partial charge in [0.1, 0.15) is 17.6 Å². The van der Waals surface area contributed by atoms with Gasteiger partial charge in [0.2, 0.25) is 0 Å². The highest BCUT2D eigenvalue weighted by molar-refractivity contribution is 5.87. The molecule has 118 valence electrons. The molecule has 0 amide bonds. The highest BCUT2D eigenvalue weighted by Crippen LogP contribution is 2.26. The molecule has 0 bridgehead atoms. The number of aromatic hydroxyl groups is 1. The number of rotatable bonds is 2. The molecule has 3 rings (SSSR count). The molecule has 1 aromatic carbocycles. The molecule has 0 aliphatic carbocycles. The quantitative estimate of drug-likeness (QED) is 0.863. The predicted octanol–water partition coefficient (Wildman–Crippen LogP) is 3.39. The normalized spacial score (nSPS) is 14.9. The third kappa shape index (κ3) is 2.98. The Morgan fingerprint density at radius 1 is 1.22 bits per heavy atom. The Labute approximate surface area is 135 Å². The second kappa shape index (κ2) is 6.25. The maximum Gasteiger partial charge on any atom is 0.174 e. The largest absolute Gasteiger partial charge is 0.507 e. The van der Waals surface area contributed by atoms with Gasteiger partial charge in [-0.3, -0.25) is 0 Å². The standard InChI is InChI=1S/C18H20N4O/c1-12-8-14(9-13(2)17(12)23)10-15(11-19)18-21-20-16-6-4-3-5-7-22(16)18/h8-10,23H,3-7H2,1-2H3/b15-10+. The summed E-state index contributed by atoms with van der Waals surface area (Å²) in [5.74, 6) is 1.92. The number of phenolic OH excluding ortho intramolecular Hbond substituents is 1. The van der Waals surface area contributed by atoms with Gasteiger partial charge in [-0.15, -0.1) is 10.2 Å². The van der Waals surface area contributed by atoms with Gasteiger partial charge in [0.25, 0.3) is 0 Å². The molecule has 0 saturated carbocycles. The van der Waals surface area contributed by atoms with E-state index in [0.717, 1.165) is 48.3 Å². The Balaban J connectivity index is 2.04. The Bertz CT molecular complexity index is 788. The van der Waals surface area contributed by atoms with E-state index in [-0.39, 0.29) is 0 Å². The summed E-state index contributed by atoms with van der Waals surface area (Å²) in [6.07, 6.45) is 6.14. The molecule has 1 N–H and O–H groups in total. The first-order valence-corrected chi connectivity index (χ1v) is 7.94. The van der Waals surface area contributed by atoms with E-state index in [9.17, 15) is 10.4 Å². The van der Waals surface area contributed by atoms with Crippen LogP contribution in [0.3, 0.4) is 0 Å². The molecule has 0 radical (unpaired) electrons. The first-order chi connectivity index (χ1) is 11.1. The molecule has 1 aliphatic rings. The molecule has 1 aromatic heterocycles. The minimum atomic E-state index is 0.303. The van der Waals surface area contributed by atoms with Crippen LogP contribution in [0.2, 0.25) is 0 Å². The van der Waals surface area contributed by atoms with Gasteiger partial charge in [0.05, 0.1) is 5.57 Å². The lowest BCUT2D eigenvalue weighted by Crippen LogP contribution is -2.05. The minimum Gasteiger partial charge on any atom is -0.507 e. The van der Waals surface area contributed by atoms with Gasteiger partial charge in [-0.05, 0) is 61.6 Å². The first-order valence-electron chi connectivity index (χ1n) is 7.94. The Morgan fingerprint density at radius 2 is 1.96 bits per heavy atom. The molecule has 0 fully saturated rings. The molecule has 2 aromatic rings. The number of hydrogen-bond donors (Lipinski definition) is 1. The molecule has 0 saturated heterocycles. The number of aromatic nitrogens is 3. The predicted molar refractivity (Wildman–Crippen MR) is 88.6 cm³/mol. The Morgan fingerprint density at radius 3 is 2.65 bits per heavy atom. The summed E-state index contributed by atoms with van der Waals surface area (Å²) in [5.41, 5.74) is 3.00. The fourth-order valence-corrected chi connectivity index (χ4v) is 3.07. The molecule has 0 unspecified atom stereocenters. The third-order valence-corrected chi connectivity index (χ3v) is 4.30. The lowest BCUT2D eigenvalue weighted by Gasteiger charge is -2.07. The van der Waals surface area contributed by atoms with Crippen LogP contribution in [0, 0.1) is 25.2 Å². The summed E-state index contributed by atoms with van der Waals surface area (Å²) < 4.78 is 2.07. The first kappa shape index (κ1) is 15.3. The fraction of sp³-hybridized carbons (Fsp3) is 0.389. The summed E-state index contributed by atoms with van der Waals surface area (Å²) in [7, 11) is 0. The number of allylic oxidation sites excluding steroid dienone is 1. The van der Waals surface area contributed by atoms with Crippen LogP contribution < -0.4 is 0 Å². The number of hydrogen-bond acceptors (Lipinski definition) is 4. The molecule has 1 aliphatic heterocycles. The van der Waals surface area contributed by atoms with E-state index in [1.807, 2.05) is 32.1 Å². The van der Waals surface area contributed by atoms with Crippen molar-refractivity contribution in [3.05, 3.63) is 40.5 Å². The van der Waals surface area contributed by atoms with Crippen molar-refractivity contribution >= 4 is 11.6 Å². The number of fused-ring (bicyclic) bond motifs is 1. The molecule has 23 heavy (non-hydrogen) atoms. The average Bonchev–Trinajstić information content (AvgIpc) is 2.78. The highest BCUT2D eigenvalue weighted by atomic mass is 16.3. The van der Waals surface area contributed by atoms with Crippen molar-refractivity contribution in [3.8, 4) is 11.8 Å². The maximum absolute atomic E-state index is 9.88. The van der Waals surface area contributed by atoms with Gasteiger partial charge in [-0.1, -0.05) is 6.42 Å². The molecule has 0 spiro atoms. The SMILES string of the molecule is Cc1cc(/C=C(\C#N)c2nnc3n2CCCCC3)cc(C)c1O. The average molecular weight is 308 g/mol. The van der Waals surface area contributed by atoms with Crippen LogP contribution in [0.1, 0.15) is 47.6 Å². The monoisotopic (exact) mass is 308 g/mol. The van der Waals surface area contributed by atoms with Gasteiger partial charge in [0.15, 0.2) is 5.82 Å². The van der Waals surface area contributed by atoms with E-state index in [2.05, 4.69) is 20.8 Å². The lowest BCUT2D eigenvalue weighted by molar-refractivity contribution is 0.467. The van der Waals surface area contributed by atoms with E-state index < -0.39 is 0 Å². The smallest absolute Gasteiger partial charge is 0.174 e. The van der Waals surface area contributed by atoms with Crippen LogP contribution in [0.15, 0.2) is 12.1 Å². The topological polar surface area (TPSA) is 74.7 Å². The highest BCUT2D eigenvalue weighted by Gasteiger charge is 2.17. The van der Waals surface area contributed by atoms with Crippen LogP contribution in [-0.4, -0.2) is 19.9 Å². The Kier molecular flexibility index (Phi) is 4.16. The fourth-order valence-electron chi connectivity index (χ4n) is 3.07. The van der Waals surface area contributed by atoms with Crippen LogP contribution in [0.5, 0.6) is 5.75 Å². The summed E-state index contributed by atoms with van der Waals surface area (Å²) in [5, 5.41) is 28.0. The van der Waals surface area contributed by atoms with Gasteiger partial charge in [-0.2, -0.15) is 5.26 Å². The van der Waals surface area contributed by atoms with Crippen molar-refractivity contribution in [1.82, 2.24) is 14.8 Å². The molecule has 5 nitrogen and oxygen atoms in total. The lowest BCUT2D eigenvalue weighted by atomic mass is 10.0. The van der Waals surface area contributed by atoms with E-state index >= 15 is 0 Å². The van der Waals surface area contributed by atoms with Gasteiger partial charge in [-0.25, -0.2) is 0 Å². The molecular weight excluding hydrogens is 288 g/mol. The molecular formula is C18H20N4O. The number of aryl methyl sites for hydroxylation is 3. The zero-order chi connectivity index (χ0) is 16.4. The van der Waals surface area contributed by atoms with Crippen molar-refractivity contribution in [2.45, 2.75) is 46.1 Å². The van der Waals surface area contributed by atoms with Gasteiger partial charge < -0.3 is 9.67 Å². The van der Waals surface area contributed by atoms with E-state index in [1.54, 1.807) is 0 Å². The second-order valence-corrected chi connectivity index (χ2v) is 6.08. The van der Waals surface area contributed by atoms with Crippen LogP contribution >= 0.6 is 0 Å². The summed E-state index contributed by atoms with van der Waals surface area (Å²) in [4.78, 5) is 0. The zero-order valence-corrected chi connectivity index (χ0v) is 13.5. The van der Waals surface area contributed by atoms with E-state index in [0.29, 0.717) is 17.1 Å². The van der Waals surface area contributed by atoms with Gasteiger partial charge in [0, 0.05) is 13.0 Å². The van der Waals surface area contributed by atoms with Crippen LogP contribution in [-0.2, 0) is 13.0 Å². The van der Waals surface area contributed by atoms with Crippen molar-refractivity contribution in [3.63, 3.8) is 0 Å². The minimum absolute atomic E-state index is 0.303. The summed E-state index contributed by atoms with van der Waals surface area (Å²) >= 11 is 0. The van der Waals surface area contributed by atoms with E-state index in [1.165, 1.54) is 6.42 Å². The second-order valence-electron chi connectivity index (χ2n) is 6.08. The van der Waals surface area contributed by atoms with Gasteiger partial charge >= 0.3 is 0 Å². The van der Waals surface area contributed by atoms with Crippen LogP contribution in [0.4, 0.5) is 0 Å². The number of nitrogens with zero attached hydrogens (tertiary/aromatic N) is 4. The summed E-state index contributed by atoms with van der Waals surface area (Å²) in [6.45, 7) is 4.58. The zero-order valence-electron chi connectivity index (χ0n) is 13.5.